The van der Waals surface area contributed by atoms with Crippen LogP contribution in [-0.4, -0.2) is 3.79 Å². The number of rotatable bonds is 1. The summed E-state index contributed by atoms with van der Waals surface area (Å²) in [5.41, 5.74) is 3.47. The molecule has 0 atom stereocenters. The molecule has 0 saturated carbocycles. The third kappa shape index (κ3) is 3.38. The van der Waals surface area contributed by atoms with Gasteiger partial charge in [0.05, 0.1) is 0 Å². The Labute approximate surface area is 93.8 Å². The average molecular weight is 238 g/mol. The van der Waals surface area contributed by atoms with Crippen molar-refractivity contribution in [1.29, 1.82) is 0 Å². The Morgan fingerprint density at radius 3 is 1.92 bits per heavy atom. The monoisotopic (exact) mass is 236 g/mol. The predicted octanol–water partition coefficient (Wildman–Crippen LogP) is 4.22. The zero-order chi connectivity index (χ0) is 10.1. The molecule has 72 valence electrons. The molecular formula is C10H11Cl3. The molecule has 0 radical (unpaired) electrons. The highest BCUT2D eigenvalue weighted by atomic mass is 35.6. The van der Waals surface area contributed by atoms with Gasteiger partial charge in [-0.15, -0.1) is 0 Å². The van der Waals surface area contributed by atoms with Crippen LogP contribution < -0.4 is 0 Å². The second-order valence-corrected chi connectivity index (χ2v) is 5.68. The molecule has 0 nitrogen and oxygen atoms in total. The second-order valence-electron chi connectivity index (χ2n) is 3.16. The van der Waals surface area contributed by atoms with Crippen LogP contribution in [0.1, 0.15) is 16.7 Å². The van der Waals surface area contributed by atoms with Gasteiger partial charge in [0.15, 0.2) is 3.79 Å². The third-order valence-electron chi connectivity index (χ3n) is 2.02. The molecule has 3 heteroatoms. The number of halogens is 3. The number of aryl methyl sites for hydroxylation is 2. The van der Waals surface area contributed by atoms with Crippen molar-refractivity contribution in [2.24, 2.45) is 0 Å². The van der Waals surface area contributed by atoms with Crippen molar-refractivity contribution < 1.29 is 0 Å². The van der Waals surface area contributed by atoms with Gasteiger partial charge >= 0.3 is 0 Å². The number of hydrogen-bond acceptors (Lipinski definition) is 0. The van der Waals surface area contributed by atoms with Crippen LogP contribution in [0.5, 0.6) is 0 Å². The Morgan fingerprint density at radius 1 is 1.08 bits per heavy atom. The van der Waals surface area contributed by atoms with E-state index in [-0.39, 0.29) is 0 Å². The summed E-state index contributed by atoms with van der Waals surface area (Å²) < 4.78 is -1.20. The minimum Gasteiger partial charge on any atom is -0.0833 e. The predicted molar refractivity (Wildman–Crippen MR) is 59.9 cm³/mol. The highest BCUT2D eigenvalue weighted by Crippen LogP contribution is 2.32. The molecule has 0 unspecified atom stereocenters. The lowest BCUT2D eigenvalue weighted by molar-refractivity contribution is 0.986. The molecule has 0 fully saturated rings. The molecule has 1 aromatic carbocycles. The highest BCUT2D eigenvalue weighted by Gasteiger charge is 2.21. The standard InChI is InChI=1S/C10H11Cl3/c1-7-4-3-5-8(2)9(7)6-10(11,12)13/h3-5H,6H2,1-2H3. The number of benzene rings is 1. The maximum Gasteiger partial charge on any atom is 0.194 e. The van der Waals surface area contributed by atoms with E-state index in [1.807, 2.05) is 32.0 Å². The van der Waals surface area contributed by atoms with Gasteiger partial charge in [-0.25, -0.2) is 0 Å². The first-order chi connectivity index (χ1) is 5.90. The Bertz CT molecular complexity index is 279. The zero-order valence-corrected chi connectivity index (χ0v) is 9.84. The number of alkyl halides is 3. The van der Waals surface area contributed by atoms with Crippen LogP contribution in [0.25, 0.3) is 0 Å². The van der Waals surface area contributed by atoms with Crippen molar-refractivity contribution in [1.82, 2.24) is 0 Å². The van der Waals surface area contributed by atoms with Gasteiger partial charge in [0, 0.05) is 6.42 Å². The smallest absolute Gasteiger partial charge is 0.0833 e. The van der Waals surface area contributed by atoms with E-state index in [1.54, 1.807) is 0 Å². The van der Waals surface area contributed by atoms with Gasteiger partial charge in [0.2, 0.25) is 0 Å². The van der Waals surface area contributed by atoms with Gasteiger partial charge < -0.3 is 0 Å². The lowest BCUT2D eigenvalue weighted by Crippen LogP contribution is -2.09. The summed E-state index contributed by atoms with van der Waals surface area (Å²) in [5, 5.41) is 0. The van der Waals surface area contributed by atoms with Crippen LogP contribution in [0.3, 0.4) is 0 Å². The molecule has 0 bridgehead atoms. The van der Waals surface area contributed by atoms with E-state index in [1.165, 1.54) is 11.1 Å². The molecule has 1 rings (SSSR count). The van der Waals surface area contributed by atoms with Gasteiger partial charge in [-0.2, -0.15) is 0 Å². The first-order valence-corrected chi connectivity index (χ1v) is 5.15. The van der Waals surface area contributed by atoms with Crippen LogP contribution >= 0.6 is 34.8 Å². The van der Waals surface area contributed by atoms with E-state index < -0.39 is 3.79 Å². The molecule has 0 saturated heterocycles. The normalized spacial score (nSPS) is 11.8. The van der Waals surface area contributed by atoms with E-state index in [9.17, 15) is 0 Å². The lowest BCUT2D eigenvalue weighted by Gasteiger charge is -2.15. The highest BCUT2D eigenvalue weighted by molar-refractivity contribution is 6.67. The summed E-state index contributed by atoms with van der Waals surface area (Å²) in [6.45, 7) is 4.05. The van der Waals surface area contributed by atoms with E-state index in [2.05, 4.69) is 0 Å². The summed E-state index contributed by atoms with van der Waals surface area (Å²) >= 11 is 17.2. The van der Waals surface area contributed by atoms with Crippen molar-refractivity contribution in [3.05, 3.63) is 34.9 Å². The maximum atomic E-state index is 5.74. The topological polar surface area (TPSA) is 0 Å². The molecule has 13 heavy (non-hydrogen) atoms. The van der Waals surface area contributed by atoms with Crippen LogP contribution in [0, 0.1) is 13.8 Å². The number of hydrogen-bond donors (Lipinski definition) is 0. The van der Waals surface area contributed by atoms with Crippen molar-refractivity contribution >= 4 is 34.8 Å². The lowest BCUT2D eigenvalue weighted by atomic mass is 10.0. The largest absolute Gasteiger partial charge is 0.194 e. The fourth-order valence-corrected chi connectivity index (χ4v) is 1.73. The Kier molecular flexibility index (Phi) is 3.50. The van der Waals surface area contributed by atoms with Crippen LogP contribution in [-0.2, 0) is 6.42 Å². The first kappa shape index (κ1) is 11.2. The maximum absolute atomic E-state index is 5.74. The molecule has 1 aromatic rings. The van der Waals surface area contributed by atoms with E-state index >= 15 is 0 Å². The SMILES string of the molecule is Cc1cccc(C)c1CC(Cl)(Cl)Cl. The second kappa shape index (κ2) is 4.08. The average Bonchev–Trinajstić information content (AvgIpc) is 1.95. The molecule has 0 N–H and O–H groups in total. The first-order valence-electron chi connectivity index (χ1n) is 4.02. The zero-order valence-electron chi connectivity index (χ0n) is 7.57. The Morgan fingerprint density at radius 2 is 1.54 bits per heavy atom. The van der Waals surface area contributed by atoms with Gasteiger partial charge in [-0.05, 0) is 30.5 Å². The third-order valence-corrected chi connectivity index (χ3v) is 2.42. The molecule has 0 aliphatic carbocycles. The minimum absolute atomic E-state index is 0.468. The van der Waals surface area contributed by atoms with Crippen molar-refractivity contribution in [2.45, 2.75) is 24.1 Å². The van der Waals surface area contributed by atoms with E-state index in [0.717, 1.165) is 5.56 Å². The van der Waals surface area contributed by atoms with E-state index in [0.29, 0.717) is 6.42 Å². The summed E-state index contributed by atoms with van der Waals surface area (Å²) in [5.74, 6) is 0. The molecule has 0 aromatic heterocycles. The van der Waals surface area contributed by atoms with Crippen molar-refractivity contribution in [3.63, 3.8) is 0 Å². The molecule has 0 heterocycles. The summed E-state index contributed by atoms with van der Waals surface area (Å²) in [6, 6.07) is 6.06. The molecule has 0 amide bonds. The van der Waals surface area contributed by atoms with E-state index in [4.69, 9.17) is 34.8 Å². The van der Waals surface area contributed by atoms with Crippen LogP contribution in [0.2, 0.25) is 0 Å². The van der Waals surface area contributed by atoms with Gasteiger partial charge in [-0.3, -0.25) is 0 Å². The van der Waals surface area contributed by atoms with Crippen molar-refractivity contribution in [3.8, 4) is 0 Å². The molecule has 0 aliphatic heterocycles. The molecular weight excluding hydrogens is 226 g/mol. The van der Waals surface area contributed by atoms with Gasteiger partial charge in [0.1, 0.15) is 0 Å². The summed E-state index contributed by atoms with van der Waals surface area (Å²) in [7, 11) is 0. The Balaban J connectivity index is 3.00. The fourth-order valence-electron chi connectivity index (χ4n) is 1.33. The van der Waals surface area contributed by atoms with Gasteiger partial charge in [0.25, 0.3) is 0 Å². The molecule has 0 aliphatic rings. The Hall–Kier alpha value is 0.0900. The van der Waals surface area contributed by atoms with Gasteiger partial charge in [-0.1, -0.05) is 53.0 Å². The van der Waals surface area contributed by atoms with Crippen LogP contribution in [0.4, 0.5) is 0 Å². The quantitative estimate of drug-likeness (QED) is 0.642. The molecule has 0 spiro atoms. The summed E-state index contributed by atoms with van der Waals surface area (Å²) in [4.78, 5) is 0. The van der Waals surface area contributed by atoms with Crippen LogP contribution in [0.15, 0.2) is 18.2 Å². The minimum atomic E-state index is -1.20. The van der Waals surface area contributed by atoms with Crippen molar-refractivity contribution in [2.75, 3.05) is 0 Å². The fraction of sp³-hybridized carbons (Fsp3) is 0.400. The summed E-state index contributed by atoms with van der Waals surface area (Å²) in [6.07, 6.45) is 0.468.